The lowest BCUT2D eigenvalue weighted by atomic mass is 10.2. The molecule has 0 amide bonds. The molecular weight excluding hydrogens is 200 g/mol. The second-order valence-corrected chi connectivity index (χ2v) is 4.70. The second-order valence-electron chi connectivity index (χ2n) is 4.70. The fourth-order valence-corrected chi connectivity index (χ4v) is 2.27. The maximum atomic E-state index is 4.20. The van der Waals surface area contributed by atoms with Gasteiger partial charge in [-0.1, -0.05) is 0 Å². The Balaban J connectivity index is 1.83. The summed E-state index contributed by atoms with van der Waals surface area (Å²) in [5, 5.41) is 7.66. The average Bonchev–Trinajstić information content (AvgIpc) is 2.56. The summed E-state index contributed by atoms with van der Waals surface area (Å²) in [5.41, 5.74) is 1.34. The zero-order valence-corrected chi connectivity index (χ0v) is 10.3. The first kappa shape index (κ1) is 11.6. The normalized spacial score (nSPS) is 23.2. The summed E-state index contributed by atoms with van der Waals surface area (Å²) in [6.45, 7) is 6.92. The molecule has 1 aliphatic heterocycles. The van der Waals surface area contributed by atoms with Crippen LogP contribution in [0, 0.1) is 0 Å². The molecule has 2 rings (SSSR count). The van der Waals surface area contributed by atoms with Crippen LogP contribution in [-0.2, 0) is 13.5 Å². The Kier molecular flexibility index (Phi) is 3.96. The Morgan fingerprint density at radius 3 is 3.12 bits per heavy atom. The van der Waals surface area contributed by atoms with E-state index in [1.807, 2.05) is 17.9 Å². The minimum Gasteiger partial charge on any atom is -0.315 e. The molecule has 1 aromatic heterocycles. The zero-order chi connectivity index (χ0) is 11.4. The lowest BCUT2D eigenvalue weighted by molar-refractivity contribution is 0.223. The molecule has 0 bridgehead atoms. The van der Waals surface area contributed by atoms with Gasteiger partial charge in [-0.3, -0.25) is 9.58 Å². The van der Waals surface area contributed by atoms with Crippen molar-refractivity contribution in [2.45, 2.75) is 25.8 Å². The number of hydrogen-bond acceptors (Lipinski definition) is 3. The third kappa shape index (κ3) is 3.06. The molecule has 1 unspecified atom stereocenters. The van der Waals surface area contributed by atoms with Gasteiger partial charge in [0.15, 0.2) is 0 Å². The highest BCUT2D eigenvalue weighted by Gasteiger charge is 2.15. The molecule has 1 aliphatic rings. The molecule has 2 heterocycles. The topological polar surface area (TPSA) is 33.1 Å². The molecule has 1 N–H and O–H groups in total. The average molecular weight is 222 g/mol. The summed E-state index contributed by atoms with van der Waals surface area (Å²) in [7, 11) is 1.97. The standard InChI is InChI=1S/C12H22N4/c1-11-3-5-13-6-8-16(11)7-4-12-9-14-15(2)10-12/h9-11,13H,3-8H2,1-2H3. The van der Waals surface area contributed by atoms with Gasteiger partial charge in [-0.2, -0.15) is 5.10 Å². The van der Waals surface area contributed by atoms with Gasteiger partial charge in [0.05, 0.1) is 6.20 Å². The first-order valence-electron chi connectivity index (χ1n) is 6.18. The van der Waals surface area contributed by atoms with Crippen LogP contribution in [0.4, 0.5) is 0 Å². The SMILES string of the molecule is CC1CCNCCN1CCc1cnn(C)c1. The summed E-state index contributed by atoms with van der Waals surface area (Å²) in [4.78, 5) is 2.58. The molecule has 4 nitrogen and oxygen atoms in total. The first-order chi connectivity index (χ1) is 7.75. The van der Waals surface area contributed by atoms with E-state index in [1.54, 1.807) is 0 Å². The largest absolute Gasteiger partial charge is 0.315 e. The van der Waals surface area contributed by atoms with E-state index in [1.165, 1.54) is 18.5 Å². The van der Waals surface area contributed by atoms with E-state index in [2.05, 4.69) is 28.4 Å². The summed E-state index contributed by atoms with van der Waals surface area (Å²) in [5.74, 6) is 0. The van der Waals surface area contributed by atoms with Gasteiger partial charge in [0.1, 0.15) is 0 Å². The molecule has 0 aromatic carbocycles. The maximum Gasteiger partial charge on any atom is 0.0522 e. The molecule has 1 fully saturated rings. The van der Waals surface area contributed by atoms with Crippen LogP contribution < -0.4 is 5.32 Å². The van der Waals surface area contributed by atoms with Gasteiger partial charge in [0.25, 0.3) is 0 Å². The number of rotatable bonds is 3. The maximum absolute atomic E-state index is 4.20. The van der Waals surface area contributed by atoms with Crippen molar-refractivity contribution in [1.82, 2.24) is 20.0 Å². The quantitative estimate of drug-likeness (QED) is 0.815. The van der Waals surface area contributed by atoms with Crippen molar-refractivity contribution in [2.75, 3.05) is 26.2 Å². The Labute approximate surface area is 97.6 Å². The van der Waals surface area contributed by atoms with Gasteiger partial charge >= 0.3 is 0 Å². The molecule has 1 saturated heterocycles. The van der Waals surface area contributed by atoms with Crippen LogP contribution in [0.5, 0.6) is 0 Å². The highest BCUT2D eigenvalue weighted by atomic mass is 15.2. The highest BCUT2D eigenvalue weighted by Crippen LogP contribution is 2.08. The number of nitrogens with zero attached hydrogens (tertiary/aromatic N) is 3. The van der Waals surface area contributed by atoms with Crippen LogP contribution in [0.1, 0.15) is 18.9 Å². The van der Waals surface area contributed by atoms with E-state index in [0.717, 1.165) is 26.1 Å². The van der Waals surface area contributed by atoms with Crippen LogP contribution in [0.3, 0.4) is 0 Å². The van der Waals surface area contributed by atoms with E-state index in [4.69, 9.17) is 0 Å². The van der Waals surface area contributed by atoms with Crippen molar-refractivity contribution in [2.24, 2.45) is 7.05 Å². The lowest BCUT2D eigenvalue weighted by Crippen LogP contribution is -2.35. The fraction of sp³-hybridized carbons (Fsp3) is 0.750. The second kappa shape index (κ2) is 5.46. The van der Waals surface area contributed by atoms with E-state index in [9.17, 15) is 0 Å². The van der Waals surface area contributed by atoms with Crippen LogP contribution >= 0.6 is 0 Å². The van der Waals surface area contributed by atoms with Crippen molar-refractivity contribution in [3.63, 3.8) is 0 Å². The Bertz CT molecular complexity index is 321. The van der Waals surface area contributed by atoms with Crippen LogP contribution in [0.25, 0.3) is 0 Å². The number of nitrogens with one attached hydrogen (secondary N) is 1. The Morgan fingerprint density at radius 2 is 2.38 bits per heavy atom. The van der Waals surface area contributed by atoms with Crippen LogP contribution in [0.2, 0.25) is 0 Å². The minimum absolute atomic E-state index is 0.701. The number of aryl methyl sites for hydroxylation is 1. The van der Waals surface area contributed by atoms with Crippen molar-refractivity contribution >= 4 is 0 Å². The molecular formula is C12H22N4. The third-order valence-electron chi connectivity index (χ3n) is 3.38. The summed E-state index contributed by atoms with van der Waals surface area (Å²) >= 11 is 0. The van der Waals surface area contributed by atoms with Gasteiger partial charge < -0.3 is 5.32 Å². The van der Waals surface area contributed by atoms with E-state index in [0.29, 0.717) is 6.04 Å². The van der Waals surface area contributed by atoms with Gasteiger partial charge in [-0.05, 0) is 31.9 Å². The van der Waals surface area contributed by atoms with E-state index >= 15 is 0 Å². The molecule has 0 aliphatic carbocycles. The van der Waals surface area contributed by atoms with Crippen LogP contribution in [0.15, 0.2) is 12.4 Å². The third-order valence-corrected chi connectivity index (χ3v) is 3.38. The summed E-state index contributed by atoms with van der Waals surface area (Å²) in [6, 6.07) is 0.701. The lowest BCUT2D eigenvalue weighted by Gasteiger charge is -2.26. The first-order valence-corrected chi connectivity index (χ1v) is 6.18. The van der Waals surface area contributed by atoms with Gasteiger partial charge in [-0.25, -0.2) is 0 Å². The minimum atomic E-state index is 0.701. The molecule has 1 atom stereocenters. The van der Waals surface area contributed by atoms with Gasteiger partial charge in [0.2, 0.25) is 0 Å². The van der Waals surface area contributed by atoms with E-state index in [-0.39, 0.29) is 0 Å². The van der Waals surface area contributed by atoms with Crippen molar-refractivity contribution in [1.29, 1.82) is 0 Å². The Morgan fingerprint density at radius 1 is 1.50 bits per heavy atom. The molecule has 90 valence electrons. The van der Waals surface area contributed by atoms with Crippen molar-refractivity contribution in [3.05, 3.63) is 18.0 Å². The predicted octanol–water partition coefficient (Wildman–Crippen LogP) is 0.646. The van der Waals surface area contributed by atoms with Gasteiger partial charge in [-0.15, -0.1) is 0 Å². The van der Waals surface area contributed by atoms with Crippen molar-refractivity contribution in [3.8, 4) is 0 Å². The summed E-state index contributed by atoms with van der Waals surface area (Å²) in [6.07, 6.45) is 6.45. The molecule has 1 aromatic rings. The van der Waals surface area contributed by atoms with Crippen LogP contribution in [-0.4, -0.2) is 46.9 Å². The molecule has 0 spiro atoms. The fourth-order valence-electron chi connectivity index (χ4n) is 2.27. The Hall–Kier alpha value is -0.870. The molecule has 16 heavy (non-hydrogen) atoms. The number of hydrogen-bond donors (Lipinski definition) is 1. The zero-order valence-electron chi connectivity index (χ0n) is 10.3. The molecule has 4 heteroatoms. The summed E-state index contributed by atoms with van der Waals surface area (Å²) < 4.78 is 1.88. The van der Waals surface area contributed by atoms with Gasteiger partial charge in [0, 0.05) is 38.9 Å². The van der Waals surface area contributed by atoms with Crippen molar-refractivity contribution < 1.29 is 0 Å². The highest BCUT2D eigenvalue weighted by molar-refractivity contribution is 5.04. The predicted molar refractivity (Wildman–Crippen MR) is 65.4 cm³/mol. The molecule has 0 radical (unpaired) electrons. The number of aromatic nitrogens is 2. The monoisotopic (exact) mass is 222 g/mol. The smallest absolute Gasteiger partial charge is 0.0522 e. The molecule has 0 saturated carbocycles. The van der Waals surface area contributed by atoms with E-state index < -0.39 is 0 Å².